The van der Waals surface area contributed by atoms with Crippen LogP contribution in [0.2, 0.25) is 0 Å². The smallest absolute Gasteiger partial charge is 0.193 e. The van der Waals surface area contributed by atoms with E-state index in [1.54, 1.807) is 79.7 Å². The molecule has 0 aromatic heterocycles. The van der Waals surface area contributed by atoms with Crippen LogP contribution < -0.4 is 0 Å². The van der Waals surface area contributed by atoms with Gasteiger partial charge in [-0.3, -0.25) is 38.4 Å². The predicted octanol–water partition coefficient (Wildman–Crippen LogP) is 7.00. The quantitative estimate of drug-likeness (QED) is 0.128. The zero-order chi connectivity index (χ0) is 85.8. The summed E-state index contributed by atoms with van der Waals surface area (Å²) >= 11 is 0. The first kappa shape index (κ1) is 86.0. The Hall–Kier alpha value is -5.57. The molecule has 0 radical (unpaired) electrons. The van der Waals surface area contributed by atoms with Crippen molar-refractivity contribution >= 4 is 46.3 Å². The zero-order valence-electron chi connectivity index (χ0n) is 69.4. The van der Waals surface area contributed by atoms with Crippen LogP contribution >= 0.6 is 0 Å². The third-order valence-corrected chi connectivity index (χ3v) is 35.6. The van der Waals surface area contributed by atoms with E-state index >= 15 is 13.2 Å². The number of aliphatic hydroxyl groups is 10. The summed E-state index contributed by atoms with van der Waals surface area (Å²) in [6.45, 7) is 19.2. The minimum Gasteiger partial charge on any atom is -0.393 e. The second kappa shape index (κ2) is 27.7. The van der Waals surface area contributed by atoms with Crippen molar-refractivity contribution in [1.29, 1.82) is 0 Å². The lowest BCUT2D eigenvalue weighted by molar-refractivity contribution is -0.284. The molecule has 3 heterocycles. The summed E-state index contributed by atoms with van der Waals surface area (Å²) in [7, 11) is 0. The van der Waals surface area contributed by atoms with Gasteiger partial charge < -0.3 is 79.5 Å². The van der Waals surface area contributed by atoms with Gasteiger partial charge in [-0.05, 0) is 229 Å². The van der Waals surface area contributed by atoms with E-state index in [2.05, 4.69) is 6.92 Å². The van der Waals surface area contributed by atoms with Gasteiger partial charge in [-0.1, -0.05) is 81.2 Å². The van der Waals surface area contributed by atoms with Gasteiger partial charge in [-0.2, -0.15) is 0 Å². The molecule has 10 N–H and O–H groups in total. The summed E-state index contributed by atoms with van der Waals surface area (Å²) < 4.78 is 86.8. The molecule has 118 heavy (non-hydrogen) atoms. The maximum atomic E-state index is 17.1. The predicted molar refractivity (Wildman–Crippen MR) is 413 cm³/mol. The molecule has 3 aliphatic heterocycles. The fourth-order valence-electron chi connectivity index (χ4n) is 30.2. The van der Waals surface area contributed by atoms with Crippen molar-refractivity contribution in [3.05, 3.63) is 95.2 Å². The van der Waals surface area contributed by atoms with Crippen LogP contribution in [-0.4, -0.2) is 230 Å². The Balaban J connectivity index is 0.000000118. The van der Waals surface area contributed by atoms with Crippen molar-refractivity contribution in [2.45, 2.75) is 292 Å². The molecule has 34 atom stereocenters. The van der Waals surface area contributed by atoms with Gasteiger partial charge >= 0.3 is 0 Å². The second-order valence-corrected chi connectivity index (χ2v) is 40.5. The third-order valence-electron chi connectivity index (χ3n) is 35.6. The van der Waals surface area contributed by atoms with Gasteiger partial charge in [0.1, 0.15) is 26.4 Å². The lowest BCUT2D eigenvalue weighted by Gasteiger charge is -2.62. The van der Waals surface area contributed by atoms with Gasteiger partial charge in [0.05, 0.1) is 48.8 Å². The fraction of sp³-hybridized carbons (Fsp3) is 0.736. The molecular weight excluding hydrogens is 1530 g/mol. The van der Waals surface area contributed by atoms with Gasteiger partial charge in [0, 0.05) is 67.0 Å². The van der Waals surface area contributed by atoms with Crippen LogP contribution in [0.5, 0.6) is 0 Å². The Morgan fingerprint density at radius 1 is 0.441 bits per heavy atom. The molecule has 15 fully saturated rings. The van der Waals surface area contributed by atoms with Gasteiger partial charge in [0.15, 0.2) is 104 Å². The molecule has 20 unspecified atom stereocenters. The van der Waals surface area contributed by atoms with Crippen molar-refractivity contribution < 1.29 is 131 Å². The number of ketones is 8. The van der Waals surface area contributed by atoms with E-state index in [0.717, 1.165) is 29.6 Å². The molecule has 0 amide bonds. The number of hydrogen-bond acceptors (Lipinski definition) is 24. The van der Waals surface area contributed by atoms with Crippen LogP contribution in [0.4, 0.5) is 13.2 Å². The van der Waals surface area contributed by atoms with Crippen molar-refractivity contribution in [3.63, 3.8) is 0 Å². The number of allylic oxidation sites excluding steroid dienone is 16. The van der Waals surface area contributed by atoms with E-state index in [0.29, 0.717) is 69.8 Å². The average Bonchev–Trinajstić information content (AvgIpc) is 1.47. The van der Waals surface area contributed by atoms with Crippen LogP contribution in [0.1, 0.15) is 186 Å². The molecule has 1 spiro atoms. The van der Waals surface area contributed by atoms with Gasteiger partial charge in [-0.15, -0.1) is 0 Å². The Morgan fingerprint density at radius 2 is 0.856 bits per heavy atom. The number of ether oxygens (including phenoxy) is 6. The number of carbonyl (C=O) groups excluding carboxylic acids is 8. The van der Waals surface area contributed by atoms with Crippen molar-refractivity contribution in [2.24, 2.45) is 96.6 Å². The Bertz CT molecular complexity index is 4560. The summed E-state index contributed by atoms with van der Waals surface area (Å²) in [5, 5.41) is 107. The highest BCUT2D eigenvalue weighted by Crippen LogP contribution is 2.77. The number of fused-ring (bicyclic) bond motifs is 25. The topological polar surface area (TPSA) is 394 Å². The number of halogens is 3. The van der Waals surface area contributed by atoms with Crippen LogP contribution in [0, 0.1) is 96.6 Å². The average molecular weight is 1650 g/mol. The van der Waals surface area contributed by atoms with E-state index in [1.165, 1.54) is 42.5 Å². The second-order valence-electron chi connectivity index (χ2n) is 40.5. The van der Waals surface area contributed by atoms with E-state index < -0.39 is 205 Å². The van der Waals surface area contributed by atoms with Crippen molar-refractivity contribution in [2.75, 3.05) is 26.4 Å². The molecule has 27 heteroatoms. The van der Waals surface area contributed by atoms with Gasteiger partial charge in [0.25, 0.3) is 0 Å². The number of aliphatic hydroxyl groups excluding tert-OH is 9. The van der Waals surface area contributed by atoms with E-state index in [-0.39, 0.29) is 96.2 Å². The third kappa shape index (κ3) is 10.7. The number of rotatable bonds is 6. The highest BCUT2D eigenvalue weighted by Gasteiger charge is 2.84. The summed E-state index contributed by atoms with van der Waals surface area (Å²) in [5.41, 5.74) is -16.6. The SMILES string of the molecule is CC1(C)O[C@@H]2CC3C4CCC5=CC(=O)C=CC5(C)[C@@]4(F)C(O)CC3(C)[C@]2(C(=O)CO)O1.CC12CC(O)[C@@]3(F)C(CCC4=CC(=O)C=C[C@@]43C)C1C[C@@H](O)[C@]2(O)C(=O)CO.CC1OCC(=O)C2(O1)C(O)CC1C3CCC4=CC(=O)C=CC4(C)C3C(O)CC12C.CC1O[C@@H]2C[C@H]3[C@@H]4CCC5=CC(=O)C=C[C@]5(C)[C@@]4(F)[C@@H](O)C[C@]3(C)C2(C(=O)CO)O1. The molecule has 12 saturated carbocycles. The van der Waals surface area contributed by atoms with E-state index in [1.807, 2.05) is 26.8 Å². The van der Waals surface area contributed by atoms with Crippen LogP contribution in [0.25, 0.3) is 0 Å². The summed E-state index contributed by atoms with van der Waals surface area (Å²) in [6.07, 6.45) is 15.1. The zero-order valence-corrected chi connectivity index (χ0v) is 69.4. The molecule has 16 aliphatic carbocycles. The summed E-state index contributed by atoms with van der Waals surface area (Å²) in [5.74, 6) is -6.29. The van der Waals surface area contributed by atoms with Crippen molar-refractivity contribution in [1.82, 2.24) is 0 Å². The molecule has 3 saturated heterocycles. The molecule has 24 nitrogen and oxygen atoms in total. The molecule has 19 aliphatic rings. The molecular formula is C91H117F3O24. The number of Topliss-reactive ketones (excluding diaryl/α,β-unsaturated/α-hetero) is 4. The highest BCUT2D eigenvalue weighted by atomic mass is 19.2. The largest absolute Gasteiger partial charge is 0.393 e. The minimum absolute atomic E-state index is 0.0106. The monoisotopic (exact) mass is 1650 g/mol. The fourth-order valence-corrected chi connectivity index (χ4v) is 30.2. The molecule has 646 valence electrons. The lowest BCUT2D eigenvalue weighted by atomic mass is 9.44. The van der Waals surface area contributed by atoms with Crippen LogP contribution in [0.3, 0.4) is 0 Å². The number of carbonyl (C=O) groups is 8. The van der Waals surface area contributed by atoms with E-state index in [4.69, 9.17) is 28.4 Å². The maximum absolute atomic E-state index is 17.1. The minimum atomic E-state index is -2.23. The molecule has 0 aromatic carbocycles. The lowest BCUT2D eigenvalue weighted by Crippen LogP contribution is -2.70. The Kier molecular flexibility index (Phi) is 20.2. The molecule has 0 aromatic rings. The molecule has 19 rings (SSSR count). The van der Waals surface area contributed by atoms with Crippen LogP contribution in [0.15, 0.2) is 95.2 Å². The Labute approximate surface area is 684 Å². The van der Waals surface area contributed by atoms with E-state index in [9.17, 15) is 89.4 Å². The Morgan fingerprint density at radius 3 is 1.34 bits per heavy atom. The first-order valence-electron chi connectivity index (χ1n) is 42.6. The first-order valence-corrected chi connectivity index (χ1v) is 42.6. The maximum Gasteiger partial charge on any atom is 0.193 e. The van der Waals surface area contributed by atoms with Gasteiger partial charge in [-0.25, -0.2) is 13.2 Å². The standard InChI is InChI=1S/C24H31FO6.C23H29FO6.C23H30O6.C21H27FO6/c1-20(2)30-19-10-16-15-6-5-13-9-14(27)7-8-21(13,3)23(15,25)17(28)11-22(16,4)24(19,31-20)18(29)12-26;1-12-29-19-9-16-15-5-4-13-8-14(26)6-7-20(13,2)22(15,24)17(27)10-21(16,3)23(19,30-12)18(28)11-25;1-12-28-11-19(27)23(29-12)18(26)9-16-15-5-4-13-8-14(24)6-7-21(13,2)20(15)17(25)10-22(16,23)3;1-18-6-5-12(24)7-11(18)3-4-13-14-8-15(25)21(28,17(27)10-23)19(14,2)9-16(26)20(13,18)22/h7-9,15-17,19,26,28H,5-6,10-12H2,1-4H3;6-8,12,15-17,19,25,27H,4-5,9-11H2,1-3H3;6-8,12,15-18,20,25-26H,4-5,9-11H2,1-3H3;5-7,13-16,23,25-26,28H,3-4,8-10H2,1-2H3/t15?,16?,17?,19-,21?,22?,23+,24-;12?,15-,16-,17-,19+,20-,21-,22-,23?;;13?,14?,15-,16?,18+,19?,20+,21+/m10.1/s1. The summed E-state index contributed by atoms with van der Waals surface area (Å²) in [6, 6.07) is 0. The number of alkyl halides is 3. The van der Waals surface area contributed by atoms with Crippen molar-refractivity contribution in [3.8, 4) is 0 Å². The number of hydrogen-bond donors (Lipinski definition) is 10. The highest BCUT2D eigenvalue weighted by molar-refractivity contribution is 6.03. The molecule has 0 bridgehead atoms. The van der Waals surface area contributed by atoms with Gasteiger partial charge in [0.2, 0.25) is 0 Å². The van der Waals surface area contributed by atoms with Crippen LogP contribution in [-0.2, 0) is 66.8 Å². The normalized spacial score (nSPS) is 53.2. The first-order chi connectivity index (χ1) is 55.0. The summed E-state index contributed by atoms with van der Waals surface area (Å²) in [4.78, 5) is 99.2.